The van der Waals surface area contributed by atoms with E-state index in [1.807, 2.05) is 29.0 Å². The van der Waals surface area contributed by atoms with E-state index in [9.17, 15) is 4.79 Å². The smallest absolute Gasteiger partial charge is 0.257 e. The summed E-state index contributed by atoms with van der Waals surface area (Å²) < 4.78 is 1.99. The van der Waals surface area contributed by atoms with Crippen LogP contribution in [-0.4, -0.2) is 19.3 Å². The Kier molecular flexibility index (Phi) is 3.40. The highest BCUT2D eigenvalue weighted by Crippen LogP contribution is 2.22. The van der Waals surface area contributed by atoms with E-state index in [1.165, 1.54) is 0 Å². The molecule has 0 aliphatic carbocycles. The average molecular weight is 288 g/mol. The third kappa shape index (κ3) is 2.39. The van der Waals surface area contributed by atoms with Crippen LogP contribution < -0.4 is 10.9 Å². The van der Waals surface area contributed by atoms with Gasteiger partial charge >= 0.3 is 0 Å². The Morgan fingerprint density at radius 1 is 1.10 bits per heavy atom. The number of H-pyrrole nitrogens is 1. The highest BCUT2D eigenvalue weighted by molar-refractivity contribution is 7.54. The minimum atomic E-state index is -2.04. The fourth-order valence-corrected chi connectivity index (χ4v) is 2.62. The van der Waals surface area contributed by atoms with Crippen LogP contribution in [0.5, 0.6) is 0 Å². The molecule has 5 nitrogen and oxygen atoms in total. The lowest BCUT2D eigenvalue weighted by molar-refractivity contribution is 0.497. The molecule has 0 saturated heterocycles. The second-order valence-corrected chi connectivity index (χ2v) is 5.60. The summed E-state index contributed by atoms with van der Waals surface area (Å²) in [6.07, 6.45) is 3.51. The van der Waals surface area contributed by atoms with Crippen molar-refractivity contribution in [1.29, 1.82) is 0 Å². The van der Waals surface area contributed by atoms with E-state index in [1.54, 1.807) is 24.4 Å². The molecule has 0 amide bonds. The van der Waals surface area contributed by atoms with E-state index in [0.29, 0.717) is 17.2 Å². The van der Waals surface area contributed by atoms with Crippen LogP contribution in [-0.2, 0) is 6.54 Å². The normalized spacial score (nSPS) is 11.3. The van der Waals surface area contributed by atoms with Crippen LogP contribution in [0.15, 0.2) is 53.6 Å². The van der Waals surface area contributed by atoms with Gasteiger partial charge < -0.3 is 19.3 Å². The summed E-state index contributed by atoms with van der Waals surface area (Å²) >= 11 is 0. The summed E-state index contributed by atoms with van der Waals surface area (Å²) in [5.74, 6) is 0. The molecule has 6 heteroatoms. The summed E-state index contributed by atoms with van der Waals surface area (Å²) in [4.78, 5) is 32.5. The third-order valence-corrected chi connectivity index (χ3v) is 3.99. The first-order valence-electron chi connectivity index (χ1n) is 6.08. The van der Waals surface area contributed by atoms with Crippen LogP contribution in [0.2, 0.25) is 0 Å². The Morgan fingerprint density at radius 3 is 2.55 bits per heavy atom. The molecular weight excluding hydrogens is 275 g/mol. The number of benzene rings is 1. The van der Waals surface area contributed by atoms with Crippen molar-refractivity contribution in [1.82, 2.24) is 9.55 Å². The standard InChI is InChI=1S/C14H13N2O3P/c17-14-12-6-8-16(13(12)5-7-15-14)9-10-1-3-11(4-2-10)20(18)19/h1-8,18-19H,9H2,(H,15,17). The lowest BCUT2D eigenvalue weighted by Crippen LogP contribution is -2.05. The Hall–Kier alpha value is -1.94. The van der Waals surface area contributed by atoms with Crippen molar-refractivity contribution in [2.75, 3.05) is 0 Å². The zero-order chi connectivity index (χ0) is 14.1. The molecule has 0 saturated carbocycles. The van der Waals surface area contributed by atoms with E-state index >= 15 is 0 Å². The zero-order valence-corrected chi connectivity index (χ0v) is 11.4. The minimum absolute atomic E-state index is 0.0946. The van der Waals surface area contributed by atoms with Crippen LogP contribution >= 0.6 is 8.38 Å². The van der Waals surface area contributed by atoms with Gasteiger partial charge in [0, 0.05) is 24.2 Å². The van der Waals surface area contributed by atoms with Gasteiger partial charge in [0.1, 0.15) is 0 Å². The molecule has 2 aromatic heterocycles. The number of aromatic amines is 1. The van der Waals surface area contributed by atoms with Gasteiger partial charge in [0.2, 0.25) is 0 Å². The van der Waals surface area contributed by atoms with Gasteiger partial charge in [0.05, 0.1) is 10.9 Å². The molecule has 3 aromatic rings. The molecule has 2 heterocycles. The van der Waals surface area contributed by atoms with Gasteiger partial charge in [0.25, 0.3) is 5.56 Å². The molecule has 0 spiro atoms. The van der Waals surface area contributed by atoms with Gasteiger partial charge in [-0.25, -0.2) is 0 Å². The second-order valence-electron chi connectivity index (χ2n) is 4.51. The van der Waals surface area contributed by atoms with E-state index in [4.69, 9.17) is 9.79 Å². The van der Waals surface area contributed by atoms with E-state index in [-0.39, 0.29) is 5.56 Å². The van der Waals surface area contributed by atoms with Crippen LogP contribution in [0, 0.1) is 0 Å². The highest BCUT2D eigenvalue weighted by atomic mass is 31.2. The van der Waals surface area contributed by atoms with Gasteiger partial charge in [-0.05, 0) is 29.8 Å². The summed E-state index contributed by atoms with van der Waals surface area (Å²) in [5, 5.41) is 1.19. The topological polar surface area (TPSA) is 78.2 Å². The SMILES string of the molecule is O=c1[nH]ccc2c1ccn2Cc1ccc(P(O)O)cc1. The number of rotatable bonds is 3. The molecule has 0 atom stereocenters. The molecule has 20 heavy (non-hydrogen) atoms. The fraction of sp³-hybridized carbons (Fsp3) is 0.0714. The molecule has 0 bridgehead atoms. The summed E-state index contributed by atoms with van der Waals surface area (Å²) in [5.41, 5.74) is 1.82. The Morgan fingerprint density at radius 2 is 1.85 bits per heavy atom. The average Bonchev–Trinajstić information content (AvgIpc) is 2.84. The summed E-state index contributed by atoms with van der Waals surface area (Å²) in [6.45, 7) is 0.627. The Bertz CT molecular complexity index is 790. The Balaban J connectivity index is 1.93. The molecule has 0 radical (unpaired) electrons. The fourth-order valence-electron chi connectivity index (χ4n) is 2.21. The van der Waals surface area contributed by atoms with Crippen LogP contribution in [0.3, 0.4) is 0 Å². The number of aromatic nitrogens is 2. The molecule has 1 aromatic carbocycles. The largest absolute Gasteiger partial charge is 0.347 e. The number of nitrogens with one attached hydrogen (secondary N) is 1. The van der Waals surface area contributed by atoms with Crippen molar-refractivity contribution >= 4 is 24.6 Å². The van der Waals surface area contributed by atoms with Crippen molar-refractivity contribution in [3.8, 4) is 0 Å². The summed E-state index contributed by atoms with van der Waals surface area (Å²) in [7, 11) is -2.04. The first kappa shape index (κ1) is 13.1. The molecule has 0 fully saturated rings. The minimum Gasteiger partial charge on any atom is -0.347 e. The number of pyridine rings is 1. The lowest BCUT2D eigenvalue weighted by atomic mass is 10.2. The predicted octanol–water partition coefficient (Wildman–Crippen LogP) is 1.30. The maximum atomic E-state index is 11.6. The number of hydrogen-bond donors (Lipinski definition) is 3. The predicted molar refractivity (Wildman–Crippen MR) is 79.1 cm³/mol. The maximum absolute atomic E-state index is 11.6. The van der Waals surface area contributed by atoms with E-state index < -0.39 is 8.38 Å². The molecule has 102 valence electrons. The van der Waals surface area contributed by atoms with Crippen molar-refractivity contribution in [3.05, 3.63) is 64.7 Å². The molecule has 0 aliphatic heterocycles. The molecule has 0 aliphatic rings. The highest BCUT2D eigenvalue weighted by Gasteiger charge is 2.06. The van der Waals surface area contributed by atoms with Crippen molar-refractivity contribution in [3.63, 3.8) is 0 Å². The van der Waals surface area contributed by atoms with Crippen molar-refractivity contribution in [2.45, 2.75) is 6.54 Å². The van der Waals surface area contributed by atoms with Gasteiger partial charge in [0.15, 0.2) is 8.38 Å². The zero-order valence-electron chi connectivity index (χ0n) is 10.5. The van der Waals surface area contributed by atoms with Crippen LogP contribution in [0.4, 0.5) is 0 Å². The summed E-state index contributed by atoms with van der Waals surface area (Å²) in [6, 6.07) is 10.8. The lowest BCUT2D eigenvalue weighted by Gasteiger charge is -2.07. The van der Waals surface area contributed by atoms with Crippen molar-refractivity contribution < 1.29 is 9.79 Å². The quantitative estimate of drug-likeness (QED) is 0.636. The first-order valence-corrected chi connectivity index (χ1v) is 7.33. The van der Waals surface area contributed by atoms with Gasteiger partial charge in [-0.2, -0.15) is 0 Å². The monoisotopic (exact) mass is 288 g/mol. The van der Waals surface area contributed by atoms with E-state index in [0.717, 1.165) is 11.1 Å². The Labute approximate surface area is 116 Å². The number of nitrogens with zero attached hydrogens (tertiary/aromatic N) is 1. The van der Waals surface area contributed by atoms with E-state index in [2.05, 4.69) is 4.98 Å². The molecular formula is C14H13N2O3P. The van der Waals surface area contributed by atoms with Gasteiger partial charge in [-0.1, -0.05) is 12.1 Å². The first-order chi connectivity index (χ1) is 9.65. The van der Waals surface area contributed by atoms with Crippen molar-refractivity contribution in [2.24, 2.45) is 0 Å². The number of hydrogen-bond acceptors (Lipinski definition) is 3. The second kappa shape index (κ2) is 5.21. The molecule has 0 unspecified atom stereocenters. The van der Waals surface area contributed by atoms with Crippen LogP contribution in [0.1, 0.15) is 5.56 Å². The third-order valence-electron chi connectivity index (χ3n) is 3.23. The van der Waals surface area contributed by atoms with Gasteiger partial charge in [-0.15, -0.1) is 0 Å². The number of fused-ring (bicyclic) bond motifs is 1. The van der Waals surface area contributed by atoms with Gasteiger partial charge in [-0.3, -0.25) is 4.79 Å². The molecule has 3 N–H and O–H groups in total. The maximum Gasteiger partial charge on any atom is 0.257 e. The van der Waals surface area contributed by atoms with Crippen LogP contribution in [0.25, 0.3) is 10.9 Å². The molecule has 3 rings (SSSR count).